The minimum absolute atomic E-state index is 0.235. The van der Waals surface area contributed by atoms with Crippen LogP contribution < -0.4 is 0 Å². The van der Waals surface area contributed by atoms with Gasteiger partial charge in [-0.25, -0.2) is 0 Å². The molecule has 17 heavy (non-hydrogen) atoms. The number of aliphatic hydroxyl groups is 1. The van der Waals surface area contributed by atoms with Crippen LogP contribution in [-0.2, 0) is 0 Å². The highest BCUT2D eigenvalue weighted by Crippen LogP contribution is 2.37. The van der Waals surface area contributed by atoms with E-state index in [-0.39, 0.29) is 12.5 Å². The molecule has 1 N–H and O–H groups in total. The Labute approximate surface area is 105 Å². The molecule has 1 nitrogen and oxygen atoms in total. The lowest BCUT2D eigenvalue weighted by molar-refractivity contribution is 0.273. The SMILES string of the molecule is CC(CO)c1ccc(C2CCCCC2C)cc1. The van der Waals surface area contributed by atoms with Crippen molar-refractivity contribution in [1.82, 2.24) is 0 Å². The first-order valence-corrected chi connectivity index (χ1v) is 6.93. The molecule has 1 fully saturated rings. The number of hydrogen-bond acceptors (Lipinski definition) is 1. The Hall–Kier alpha value is -0.820. The molecule has 3 unspecified atom stereocenters. The summed E-state index contributed by atoms with van der Waals surface area (Å²) in [6.07, 6.45) is 5.50. The minimum atomic E-state index is 0.235. The van der Waals surface area contributed by atoms with E-state index >= 15 is 0 Å². The van der Waals surface area contributed by atoms with Crippen molar-refractivity contribution in [2.24, 2.45) is 5.92 Å². The number of hydrogen-bond donors (Lipinski definition) is 1. The fraction of sp³-hybridized carbons (Fsp3) is 0.625. The normalized spacial score (nSPS) is 26.8. The van der Waals surface area contributed by atoms with Gasteiger partial charge in [0.25, 0.3) is 0 Å². The van der Waals surface area contributed by atoms with Gasteiger partial charge in [0, 0.05) is 12.5 Å². The largest absolute Gasteiger partial charge is 0.396 e. The van der Waals surface area contributed by atoms with Gasteiger partial charge in [0.15, 0.2) is 0 Å². The van der Waals surface area contributed by atoms with Crippen LogP contribution in [0, 0.1) is 5.92 Å². The summed E-state index contributed by atoms with van der Waals surface area (Å²) in [5.74, 6) is 1.83. The summed E-state index contributed by atoms with van der Waals surface area (Å²) in [6, 6.07) is 8.93. The molecule has 0 bridgehead atoms. The average molecular weight is 232 g/mol. The van der Waals surface area contributed by atoms with E-state index in [2.05, 4.69) is 38.1 Å². The highest BCUT2D eigenvalue weighted by Gasteiger charge is 2.22. The van der Waals surface area contributed by atoms with Crippen molar-refractivity contribution in [2.45, 2.75) is 51.4 Å². The third-order valence-electron chi connectivity index (χ3n) is 4.32. The van der Waals surface area contributed by atoms with E-state index in [4.69, 9.17) is 5.11 Å². The second kappa shape index (κ2) is 5.68. The van der Waals surface area contributed by atoms with Crippen LogP contribution in [0.3, 0.4) is 0 Å². The van der Waals surface area contributed by atoms with Crippen LogP contribution in [0.4, 0.5) is 0 Å². The van der Waals surface area contributed by atoms with Crippen LogP contribution in [0.1, 0.15) is 62.5 Å². The summed E-state index contributed by atoms with van der Waals surface area (Å²) in [6.45, 7) is 4.69. The van der Waals surface area contributed by atoms with Crippen molar-refractivity contribution in [3.05, 3.63) is 35.4 Å². The van der Waals surface area contributed by atoms with E-state index in [0.717, 1.165) is 11.8 Å². The van der Waals surface area contributed by atoms with Crippen molar-refractivity contribution in [3.63, 3.8) is 0 Å². The van der Waals surface area contributed by atoms with E-state index in [9.17, 15) is 0 Å². The van der Waals surface area contributed by atoms with Crippen molar-refractivity contribution >= 4 is 0 Å². The van der Waals surface area contributed by atoms with Crippen LogP contribution in [0.15, 0.2) is 24.3 Å². The van der Waals surface area contributed by atoms with Crippen LogP contribution >= 0.6 is 0 Å². The second-order valence-electron chi connectivity index (χ2n) is 5.62. The lowest BCUT2D eigenvalue weighted by Gasteiger charge is -2.29. The Balaban J connectivity index is 2.11. The zero-order valence-electron chi connectivity index (χ0n) is 11.0. The minimum Gasteiger partial charge on any atom is -0.396 e. The quantitative estimate of drug-likeness (QED) is 0.832. The molecule has 0 aliphatic heterocycles. The summed E-state index contributed by atoms with van der Waals surface area (Å²) >= 11 is 0. The zero-order valence-corrected chi connectivity index (χ0v) is 11.0. The first kappa shape index (κ1) is 12.6. The second-order valence-corrected chi connectivity index (χ2v) is 5.62. The fourth-order valence-electron chi connectivity index (χ4n) is 2.99. The first-order valence-electron chi connectivity index (χ1n) is 6.93. The average Bonchev–Trinajstić information content (AvgIpc) is 2.39. The molecule has 0 heterocycles. The maximum absolute atomic E-state index is 9.15. The van der Waals surface area contributed by atoms with E-state index in [0.29, 0.717) is 0 Å². The molecule has 1 aliphatic carbocycles. The molecule has 0 spiro atoms. The maximum Gasteiger partial charge on any atom is 0.0497 e. The molecule has 1 aliphatic rings. The van der Waals surface area contributed by atoms with Crippen molar-refractivity contribution in [2.75, 3.05) is 6.61 Å². The third kappa shape index (κ3) is 2.90. The highest BCUT2D eigenvalue weighted by atomic mass is 16.3. The first-order chi connectivity index (χ1) is 8.22. The summed E-state index contributed by atoms with van der Waals surface area (Å²) in [7, 11) is 0. The lowest BCUT2D eigenvalue weighted by atomic mass is 9.76. The van der Waals surface area contributed by atoms with Gasteiger partial charge in [-0.3, -0.25) is 0 Å². The monoisotopic (exact) mass is 232 g/mol. The Morgan fingerprint density at radius 2 is 1.82 bits per heavy atom. The summed E-state index contributed by atoms with van der Waals surface area (Å²) in [5, 5.41) is 9.15. The smallest absolute Gasteiger partial charge is 0.0497 e. The molecule has 3 atom stereocenters. The Morgan fingerprint density at radius 3 is 2.41 bits per heavy atom. The van der Waals surface area contributed by atoms with Gasteiger partial charge < -0.3 is 5.11 Å². The molecule has 1 heteroatoms. The topological polar surface area (TPSA) is 20.2 Å². The Morgan fingerprint density at radius 1 is 1.18 bits per heavy atom. The molecular formula is C16H24O. The molecule has 1 aromatic carbocycles. The van der Waals surface area contributed by atoms with Gasteiger partial charge in [-0.05, 0) is 29.4 Å². The predicted octanol–water partition coefficient (Wildman–Crippen LogP) is 4.08. The van der Waals surface area contributed by atoms with Gasteiger partial charge in [-0.15, -0.1) is 0 Å². The molecule has 0 radical (unpaired) electrons. The molecular weight excluding hydrogens is 208 g/mol. The van der Waals surface area contributed by atoms with Gasteiger partial charge in [0.05, 0.1) is 0 Å². The molecule has 0 aromatic heterocycles. The van der Waals surface area contributed by atoms with Crippen LogP contribution in [-0.4, -0.2) is 11.7 Å². The van der Waals surface area contributed by atoms with Gasteiger partial charge >= 0.3 is 0 Å². The van der Waals surface area contributed by atoms with Crippen LogP contribution in [0.25, 0.3) is 0 Å². The van der Waals surface area contributed by atoms with E-state index in [1.165, 1.54) is 36.8 Å². The number of benzene rings is 1. The van der Waals surface area contributed by atoms with Gasteiger partial charge in [-0.1, -0.05) is 57.4 Å². The number of aliphatic hydroxyl groups excluding tert-OH is 1. The molecule has 1 saturated carbocycles. The van der Waals surface area contributed by atoms with Crippen molar-refractivity contribution in [3.8, 4) is 0 Å². The highest BCUT2D eigenvalue weighted by molar-refractivity contribution is 5.28. The molecule has 0 saturated heterocycles. The standard InChI is InChI=1S/C16H24O/c1-12-5-3-4-6-16(12)15-9-7-14(8-10-15)13(2)11-17/h7-10,12-13,16-17H,3-6,11H2,1-2H3. The summed E-state index contributed by atoms with van der Waals surface area (Å²) < 4.78 is 0. The van der Waals surface area contributed by atoms with Crippen LogP contribution in [0.5, 0.6) is 0 Å². The fourth-order valence-corrected chi connectivity index (χ4v) is 2.99. The van der Waals surface area contributed by atoms with Crippen molar-refractivity contribution in [1.29, 1.82) is 0 Å². The van der Waals surface area contributed by atoms with E-state index in [1.807, 2.05) is 0 Å². The zero-order chi connectivity index (χ0) is 12.3. The predicted molar refractivity (Wildman–Crippen MR) is 72.3 cm³/mol. The summed E-state index contributed by atoms with van der Waals surface area (Å²) in [5.41, 5.74) is 2.74. The number of rotatable bonds is 3. The van der Waals surface area contributed by atoms with E-state index in [1.54, 1.807) is 0 Å². The lowest BCUT2D eigenvalue weighted by Crippen LogP contribution is -2.14. The van der Waals surface area contributed by atoms with Crippen molar-refractivity contribution < 1.29 is 5.11 Å². The van der Waals surface area contributed by atoms with Gasteiger partial charge in [0.1, 0.15) is 0 Å². The summed E-state index contributed by atoms with van der Waals surface area (Å²) in [4.78, 5) is 0. The Bertz CT molecular complexity index is 341. The van der Waals surface area contributed by atoms with E-state index < -0.39 is 0 Å². The molecule has 1 aromatic rings. The maximum atomic E-state index is 9.15. The van der Waals surface area contributed by atoms with Gasteiger partial charge in [0.2, 0.25) is 0 Å². The van der Waals surface area contributed by atoms with Crippen LogP contribution in [0.2, 0.25) is 0 Å². The molecule has 94 valence electrons. The molecule has 0 amide bonds. The van der Waals surface area contributed by atoms with Gasteiger partial charge in [-0.2, -0.15) is 0 Å². The molecule has 2 rings (SSSR count). The third-order valence-corrected chi connectivity index (χ3v) is 4.32. The Kier molecular flexibility index (Phi) is 4.22.